The van der Waals surface area contributed by atoms with Gasteiger partial charge < -0.3 is 14.7 Å². The molecule has 116 valence electrons. The average Bonchev–Trinajstić information content (AvgIpc) is 3.01. The van der Waals surface area contributed by atoms with Crippen LogP contribution in [0.1, 0.15) is 40.5 Å². The van der Waals surface area contributed by atoms with Crippen LogP contribution in [-0.4, -0.2) is 48.2 Å². The Morgan fingerprint density at radius 2 is 2.05 bits per heavy atom. The van der Waals surface area contributed by atoms with Crippen molar-refractivity contribution in [1.29, 1.82) is 0 Å². The van der Waals surface area contributed by atoms with Crippen LogP contribution in [0.3, 0.4) is 0 Å². The molecule has 2 atom stereocenters. The van der Waals surface area contributed by atoms with Gasteiger partial charge in [0.1, 0.15) is 0 Å². The summed E-state index contributed by atoms with van der Waals surface area (Å²) in [5.74, 6) is -1.24. The van der Waals surface area contributed by atoms with E-state index in [1.807, 2.05) is 6.92 Å². The predicted octanol–water partition coefficient (Wildman–Crippen LogP) is 2.01. The van der Waals surface area contributed by atoms with E-state index in [0.717, 1.165) is 12.8 Å². The van der Waals surface area contributed by atoms with E-state index in [2.05, 4.69) is 13.8 Å². The number of carbonyl (C=O) groups is 2. The predicted molar refractivity (Wildman–Crippen MR) is 76.4 cm³/mol. The second-order valence-corrected chi connectivity index (χ2v) is 6.32. The normalized spacial score (nSPS) is 21.3. The molecule has 1 fully saturated rings. The standard InChI is InChI=1S/C15H27NO4/c1-5-20-8-6-7-16(10-11(2)14(18)19)13(17)12-9-15(12,3)4/h11-12H,5-10H2,1-4H3,(H,18,19). The molecule has 1 N–H and O–H groups in total. The Balaban J connectivity index is 2.54. The number of hydrogen-bond donors (Lipinski definition) is 1. The number of carbonyl (C=O) groups excluding carboxylic acids is 1. The SMILES string of the molecule is CCOCCCN(CC(C)C(=O)O)C(=O)C1CC1(C)C. The maximum Gasteiger partial charge on any atom is 0.308 e. The molecule has 5 nitrogen and oxygen atoms in total. The van der Waals surface area contributed by atoms with Crippen LogP contribution in [0.2, 0.25) is 0 Å². The summed E-state index contributed by atoms with van der Waals surface area (Å²) in [6.45, 7) is 9.86. The van der Waals surface area contributed by atoms with Crippen molar-refractivity contribution in [2.45, 2.75) is 40.5 Å². The molecule has 20 heavy (non-hydrogen) atoms. The first kappa shape index (κ1) is 17.0. The Hall–Kier alpha value is -1.10. The number of ether oxygens (including phenoxy) is 1. The third-order valence-corrected chi connectivity index (χ3v) is 3.96. The highest BCUT2D eigenvalue weighted by Gasteiger charge is 2.51. The molecular weight excluding hydrogens is 258 g/mol. The molecule has 0 heterocycles. The number of amides is 1. The lowest BCUT2D eigenvalue weighted by molar-refractivity contribution is -0.143. The molecule has 1 aliphatic carbocycles. The molecule has 0 saturated heterocycles. The van der Waals surface area contributed by atoms with Crippen LogP contribution in [0, 0.1) is 17.3 Å². The van der Waals surface area contributed by atoms with Gasteiger partial charge in [-0.05, 0) is 25.2 Å². The molecule has 0 aromatic rings. The number of rotatable bonds is 9. The molecule has 0 bridgehead atoms. The minimum Gasteiger partial charge on any atom is -0.481 e. The van der Waals surface area contributed by atoms with Crippen LogP contribution in [0.25, 0.3) is 0 Å². The van der Waals surface area contributed by atoms with E-state index >= 15 is 0 Å². The molecule has 1 aliphatic rings. The topological polar surface area (TPSA) is 66.8 Å². The van der Waals surface area contributed by atoms with Crippen molar-refractivity contribution in [3.8, 4) is 0 Å². The molecule has 1 amide bonds. The van der Waals surface area contributed by atoms with Crippen LogP contribution >= 0.6 is 0 Å². The lowest BCUT2D eigenvalue weighted by Crippen LogP contribution is -2.39. The second-order valence-electron chi connectivity index (χ2n) is 6.32. The van der Waals surface area contributed by atoms with Crippen LogP contribution in [0.5, 0.6) is 0 Å². The molecule has 0 aliphatic heterocycles. The summed E-state index contributed by atoms with van der Waals surface area (Å²) in [5.41, 5.74) is 0.0711. The minimum atomic E-state index is -0.859. The third-order valence-electron chi connectivity index (χ3n) is 3.96. The first-order valence-electron chi connectivity index (χ1n) is 7.39. The summed E-state index contributed by atoms with van der Waals surface area (Å²) < 4.78 is 5.28. The quantitative estimate of drug-likeness (QED) is 0.658. The van der Waals surface area contributed by atoms with Crippen LogP contribution < -0.4 is 0 Å². The van der Waals surface area contributed by atoms with Gasteiger partial charge in [0, 0.05) is 32.2 Å². The molecule has 0 spiro atoms. The molecule has 0 aromatic heterocycles. The zero-order chi connectivity index (χ0) is 15.3. The van der Waals surface area contributed by atoms with Gasteiger partial charge in [-0.2, -0.15) is 0 Å². The number of carboxylic acids is 1. The van der Waals surface area contributed by atoms with Gasteiger partial charge in [0.25, 0.3) is 0 Å². The summed E-state index contributed by atoms with van der Waals surface area (Å²) >= 11 is 0. The number of hydrogen-bond acceptors (Lipinski definition) is 3. The van der Waals surface area contributed by atoms with E-state index < -0.39 is 11.9 Å². The monoisotopic (exact) mass is 285 g/mol. The lowest BCUT2D eigenvalue weighted by atomic mass is 10.1. The smallest absolute Gasteiger partial charge is 0.308 e. The van der Waals surface area contributed by atoms with Crippen LogP contribution in [0.4, 0.5) is 0 Å². The van der Waals surface area contributed by atoms with Crippen molar-refractivity contribution in [3.05, 3.63) is 0 Å². The van der Waals surface area contributed by atoms with E-state index in [9.17, 15) is 9.59 Å². The van der Waals surface area contributed by atoms with Crippen molar-refractivity contribution >= 4 is 11.9 Å². The first-order valence-corrected chi connectivity index (χ1v) is 7.39. The zero-order valence-electron chi connectivity index (χ0n) is 13.0. The average molecular weight is 285 g/mol. The Morgan fingerprint density at radius 1 is 1.45 bits per heavy atom. The van der Waals surface area contributed by atoms with E-state index in [1.54, 1.807) is 11.8 Å². The summed E-state index contributed by atoms with van der Waals surface area (Å²) in [6, 6.07) is 0. The lowest BCUT2D eigenvalue weighted by Gasteiger charge is -2.25. The van der Waals surface area contributed by atoms with Crippen molar-refractivity contribution in [2.75, 3.05) is 26.3 Å². The molecular formula is C15H27NO4. The molecule has 0 radical (unpaired) electrons. The second kappa shape index (κ2) is 7.07. The summed E-state index contributed by atoms with van der Waals surface area (Å²) in [4.78, 5) is 25.1. The summed E-state index contributed by atoms with van der Waals surface area (Å²) in [5, 5.41) is 9.02. The fourth-order valence-corrected chi connectivity index (χ4v) is 2.31. The zero-order valence-corrected chi connectivity index (χ0v) is 13.0. The minimum absolute atomic E-state index is 0.0515. The van der Waals surface area contributed by atoms with Crippen molar-refractivity contribution < 1.29 is 19.4 Å². The molecule has 1 saturated carbocycles. The van der Waals surface area contributed by atoms with Gasteiger partial charge in [-0.1, -0.05) is 20.8 Å². The van der Waals surface area contributed by atoms with E-state index in [-0.39, 0.29) is 23.8 Å². The Labute approximate surface area is 121 Å². The highest BCUT2D eigenvalue weighted by atomic mass is 16.5. The molecule has 2 unspecified atom stereocenters. The largest absolute Gasteiger partial charge is 0.481 e. The molecule has 5 heteroatoms. The number of aliphatic carboxylic acids is 1. The first-order chi connectivity index (χ1) is 9.29. The van der Waals surface area contributed by atoms with Gasteiger partial charge in [-0.25, -0.2) is 0 Å². The van der Waals surface area contributed by atoms with Gasteiger partial charge in [0.2, 0.25) is 5.91 Å². The van der Waals surface area contributed by atoms with E-state index in [4.69, 9.17) is 9.84 Å². The van der Waals surface area contributed by atoms with Crippen molar-refractivity contribution in [3.63, 3.8) is 0 Å². The molecule has 0 aromatic carbocycles. The van der Waals surface area contributed by atoms with E-state index in [0.29, 0.717) is 19.8 Å². The number of carboxylic acid groups (broad SMARTS) is 1. The van der Waals surface area contributed by atoms with Gasteiger partial charge in [0.15, 0.2) is 0 Å². The summed E-state index contributed by atoms with van der Waals surface area (Å²) in [6.07, 6.45) is 1.65. The third kappa shape index (κ3) is 4.78. The Morgan fingerprint density at radius 3 is 2.50 bits per heavy atom. The summed E-state index contributed by atoms with van der Waals surface area (Å²) in [7, 11) is 0. The van der Waals surface area contributed by atoms with Gasteiger partial charge >= 0.3 is 5.97 Å². The van der Waals surface area contributed by atoms with Gasteiger partial charge in [-0.15, -0.1) is 0 Å². The highest BCUT2D eigenvalue weighted by molar-refractivity contribution is 5.83. The fraction of sp³-hybridized carbons (Fsp3) is 0.867. The van der Waals surface area contributed by atoms with Crippen LogP contribution in [-0.2, 0) is 14.3 Å². The van der Waals surface area contributed by atoms with Crippen LogP contribution in [0.15, 0.2) is 0 Å². The van der Waals surface area contributed by atoms with Gasteiger partial charge in [-0.3, -0.25) is 9.59 Å². The van der Waals surface area contributed by atoms with E-state index in [1.165, 1.54) is 0 Å². The maximum atomic E-state index is 12.4. The molecule has 1 rings (SSSR count). The Bertz CT molecular complexity index is 354. The highest BCUT2D eigenvalue weighted by Crippen LogP contribution is 2.52. The number of nitrogens with zero attached hydrogens (tertiary/aromatic N) is 1. The fourth-order valence-electron chi connectivity index (χ4n) is 2.31. The van der Waals surface area contributed by atoms with Gasteiger partial charge in [0.05, 0.1) is 5.92 Å². The Kier molecular flexibility index (Phi) is 5.99. The maximum absolute atomic E-state index is 12.4. The van der Waals surface area contributed by atoms with Crippen molar-refractivity contribution in [2.24, 2.45) is 17.3 Å². The van der Waals surface area contributed by atoms with Crippen molar-refractivity contribution in [1.82, 2.24) is 4.90 Å².